The molecule has 1 aromatic rings. The number of rotatable bonds is 4. The summed E-state index contributed by atoms with van der Waals surface area (Å²) in [5, 5.41) is 2.64. The van der Waals surface area contributed by atoms with E-state index in [1.54, 1.807) is 12.5 Å². The Morgan fingerprint density at radius 3 is 3.00 bits per heavy atom. The molecule has 78 valence electrons. The van der Waals surface area contributed by atoms with Crippen LogP contribution in [0.1, 0.15) is 13.8 Å². The van der Waals surface area contributed by atoms with E-state index in [4.69, 9.17) is 4.74 Å². The maximum absolute atomic E-state index is 11.0. The predicted octanol–water partition coefficient (Wildman–Crippen LogP) is 1.02. The van der Waals surface area contributed by atoms with Crippen molar-refractivity contribution in [3.8, 4) is 0 Å². The van der Waals surface area contributed by atoms with Crippen LogP contribution in [0.3, 0.4) is 0 Å². The Kier molecular flexibility index (Phi) is 3.97. The molecule has 0 bridgehead atoms. The summed E-state index contributed by atoms with van der Waals surface area (Å²) in [5.41, 5.74) is 0. The average Bonchev–Trinajstić information content (AvgIpc) is 2.55. The zero-order valence-corrected chi connectivity index (χ0v) is 8.43. The molecule has 5 heteroatoms. The van der Waals surface area contributed by atoms with Gasteiger partial charge in [0.2, 0.25) is 0 Å². The van der Waals surface area contributed by atoms with Gasteiger partial charge in [0, 0.05) is 25.5 Å². The highest BCUT2D eigenvalue weighted by molar-refractivity contribution is 5.67. The fraction of sp³-hybridized carbons (Fsp3) is 0.556. The number of amides is 1. The molecular formula is C9H15N3O2. The van der Waals surface area contributed by atoms with E-state index in [0.717, 1.165) is 0 Å². The predicted molar refractivity (Wildman–Crippen MR) is 51.8 cm³/mol. The number of hydrogen-bond donors (Lipinski definition) is 1. The van der Waals surface area contributed by atoms with Gasteiger partial charge in [0.25, 0.3) is 0 Å². The van der Waals surface area contributed by atoms with E-state index in [1.807, 2.05) is 24.6 Å². The van der Waals surface area contributed by atoms with E-state index in [0.29, 0.717) is 13.1 Å². The lowest BCUT2D eigenvalue weighted by atomic mass is 10.5. The quantitative estimate of drug-likeness (QED) is 0.784. The third-order valence-electron chi connectivity index (χ3n) is 1.54. The number of nitrogens with zero attached hydrogens (tertiary/aromatic N) is 2. The van der Waals surface area contributed by atoms with Crippen LogP contribution < -0.4 is 5.32 Å². The van der Waals surface area contributed by atoms with Crippen LogP contribution >= 0.6 is 0 Å². The highest BCUT2D eigenvalue weighted by atomic mass is 16.6. The molecule has 1 amide bonds. The Bertz CT molecular complexity index is 270. The molecule has 0 aliphatic carbocycles. The van der Waals surface area contributed by atoms with Gasteiger partial charge < -0.3 is 14.6 Å². The van der Waals surface area contributed by atoms with Crippen molar-refractivity contribution in [1.82, 2.24) is 14.9 Å². The van der Waals surface area contributed by atoms with Crippen molar-refractivity contribution in [2.45, 2.75) is 26.5 Å². The summed E-state index contributed by atoms with van der Waals surface area (Å²) >= 11 is 0. The van der Waals surface area contributed by atoms with Crippen molar-refractivity contribution in [2.75, 3.05) is 6.54 Å². The molecule has 5 nitrogen and oxygen atoms in total. The standard InChI is InChI=1S/C9H15N3O2/c1-8(2)14-9(13)11-4-6-12-5-3-10-7-12/h3,5,7-8H,4,6H2,1-2H3,(H,11,13). The van der Waals surface area contributed by atoms with Gasteiger partial charge in [-0.25, -0.2) is 9.78 Å². The highest BCUT2D eigenvalue weighted by Crippen LogP contribution is 1.88. The molecule has 0 aromatic carbocycles. The minimum Gasteiger partial charge on any atom is -0.447 e. The van der Waals surface area contributed by atoms with Gasteiger partial charge >= 0.3 is 6.09 Å². The van der Waals surface area contributed by atoms with Crippen LogP contribution in [0.2, 0.25) is 0 Å². The van der Waals surface area contributed by atoms with Gasteiger partial charge in [0.1, 0.15) is 0 Å². The second kappa shape index (κ2) is 5.26. The van der Waals surface area contributed by atoms with Crippen LogP contribution in [0.5, 0.6) is 0 Å². The zero-order valence-electron chi connectivity index (χ0n) is 8.43. The first kappa shape index (κ1) is 10.6. The van der Waals surface area contributed by atoms with Gasteiger partial charge in [-0.1, -0.05) is 0 Å². The summed E-state index contributed by atoms with van der Waals surface area (Å²) in [6, 6.07) is 0. The Labute approximate surface area is 83.1 Å². The van der Waals surface area contributed by atoms with Crippen molar-refractivity contribution in [2.24, 2.45) is 0 Å². The van der Waals surface area contributed by atoms with Gasteiger partial charge in [0.15, 0.2) is 0 Å². The molecular weight excluding hydrogens is 182 g/mol. The SMILES string of the molecule is CC(C)OC(=O)NCCn1ccnc1. The van der Waals surface area contributed by atoms with Crippen molar-refractivity contribution in [3.63, 3.8) is 0 Å². The summed E-state index contributed by atoms with van der Waals surface area (Å²) in [5.74, 6) is 0. The molecule has 1 N–H and O–H groups in total. The fourth-order valence-electron chi connectivity index (χ4n) is 0.962. The smallest absolute Gasteiger partial charge is 0.407 e. The zero-order chi connectivity index (χ0) is 10.4. The van der Waals surface area contributed by atoms with Crippen LogP contribution in [-0.4, -0.2) is 28.3 Å². The van der Waals surface area contributed by atoms with E-state index < -0.39 is 0 Å². The number of hydrogen-bond acceptors (Lipinski definition) is 3. The van der Waals surface area contributed by atoms with Crippen LogP contribution in [0.15, 0.2) is 18.7 Å². The fourth-order valence-corrected chi connectivity index (χ4v) is 0.962. The molecule has 0 atom stereocenters. The molecule has 1 rings (SSSR count). The van der Waals surface area contributed by atoms with E-state index in [1.165, 1.54) is 0 Å². The second-order valence-electron chi connectivity index (χ2n) is 3.18. The maximum Gasteiger partial charge on any atom is 0.407 e. The summed E-state index contributed by atoms with van der Waals surface area (Å²) in [4.78, 5) is 14.9. The number of alkyl carbamates (subject to hydrolysis) is 1. The third kappa shape index (κ3) is 3.93. The number of carbonyl (C=O) groups excluding carboxylic acids is 1. The van der Waals surface area contributed by atoms with Gasteiger partial charge in [-0.2, -0.15) is 0 Å². The molecule has 0 saturated carbocycles. The van der Waals surface area contributed by atoms with Gasteiger partial charge in [-0.15, -0.1) is 0 Å². The summed E-state index contributed by atoms with van der Waals surface area (Å²) in [7, 11) is 0. The van der Waals surface area contributed by atoms with Gasteiger partial charge in [-0.3, -0.25) is 0 Å². The lowest BCUT2D eigenvalue weighted by Gasteiger charge is -2.09. The molecule has 14 heavy (non-hydrogen) atoms. The minimum atomic E-state index is -0.375. The molecule has 1 aromatic heterocycles. The maximum atomic E-state index is 11.0. The van der Waals surface area contributed by atoms with Crippen LogP contribution in [0, 0.1) is 0 Å². The first-order valence-electron chi connectivity index (χ1n) is 4.58. The average molecular weight is 197 g/mol. The molecule has 0 aliphatic heterocycles. The van der Waals surface area contributed by atoms with E-state index >= 15 is 0 Å². The summed E-state index contributed by atoms with van der Waals surface area (Å²) < 4.78 is 6.78. The first-order chi connectivity index (χ1) is 6.68. The lowest BCUT2D eigenvalue weighted by molar-refractivity contribution is 0.115. The number of ether oxygens (including phenoxy) is 1. The third-order valence-corrected chi connectivity index (χ3v) is 1.54. The molecule has 0 aliphatic rings. The first-order valence-corrected chi connectivity index (χ1v) is 4.58. The molecule has 0 spiro atoms. The Morgan fingerprint density at radius 2 is 2.43 bits per heavy atom. The van der Waals surface area contributed by atoms with Crippen LogP contribution in [0.25, 0.3) is 0 Å². The number of carbonyl (C=O) groups is 1. The molecule has 0 unspecified atom stereocenters. The monoisotopic (exact) mass is 197 g/mol. The Balaban J connectivity index is 2.12. The highest BCUT2D eigenvalue weighted by Gasteiger charge is 2.02. The number of aromatic nitrogens is 2. The second-order valence-corrected chi connectivity index (χ2v) is 3.18. The lowest BCUT2D eigenvalue weighted by Crippen LogP contribution is -2.29. The van der Waals surface area contributed by atoms with Gasteiger partial charge in [0.05, 0.1) is 12.4 Å². The molecule has 0 radical (unpaired) electrons. The van der Waals surface area contributed by atoms with Crippen molar-refractivity contribution < 1.29 is 9.53 Å². The topological polar surface area (TPSA) is 56.1 Å². The van der Waals surface area contributed by atoms with E-state index in [-0.39, 0.29) is 12.2 Å². The molecule has 0 fully saturated rings. The summed E-state index contributed by atoms with van der Waals surface area (Å²) in [6.07, 6.45) is 4.79. The van der Waals surface area contributed by atoms with Crippen molar-refractivity contribution >= 4 is 6.09 Å². The van der Waals surface area contributed by atoms with Crippen molar-refractivity contribution in [1.29, 1.82) is 0 Å². The minimum absolute atomic E-state index is 0.0803. The van der Waals surface area contributed by atoms with E-state index in [2.05, 4.69) is 10.3 Å². The number of imidazole rings is 1. The normalized spacial score (nSPS) is 10.2. The molecule has 0 saturated heterocycles. The Hall–Kier alpha value is -1.52. The van der Waals surface area contributed by atoms with Crippen LogP contribution in [0.4, 0.5) is 4.79 Å². The summed E-state index contributed by atoms with van der Waals surface area (Å²) in [6.45, 7) is 4.88. The number of nitrogens with one attached hydrogen (secondary N) is 1. The van der Waals surface area contributed by atoms with Gasteiger partial charge in [-0.05, 0) is 13.8 Å². The molecule has 1 heterocycles. The largest absolute Gasteiger partial charge is 0.447 e. The van der Waals surface area contributed by atoms with E-state index in [9.17, 15) is 4.79 Å². The van der Waals surface area contributed by atoms with Crippen molar-refractivity contribution in [3.05, 3.63) is 18.7 Å². The Morgan fingerprint density at radius 1 is 1.64 bits per heavy atom. The van der Waals surface area contributed by atoms with Crippen LogP contribution in [-0.2, 0) is 11.3 Å².